The molecule has 1 unspecified atom stereocenters. The van der Waals surface area contributed by atoms with Gasteiger partial charge in [-0.1, -0.05) is 46.3 Å². The summed E-state index contributed by atoms with van der Waals surface area (Å²) >= 11 is 3.36. The molecule has 2 rings (SSSR count). The first-order chi connectivity index (χ1) is 9.11. The zero-order valence-corrected chi connectivity index (χ0v) is 12.0. The van der Waals surface area contributed by atoms with Crippen LogP contribution in [0.15, 0.2) is 30.3 Å². The lowest BCUT2D eigenvalue weighted by atomic mass is 10.0. The molecule has 1 saturated heterocycles. The Kier molecular flexibility index (Phi) is 4.58. The average molecular weight is 326 g/mol. The van der Waals surface area contributed by atoms with E-state index >= 15 is 0 Å². The number of amides is 1. The monoisotopic (exact) mass is 325 g/mol. The maximum atomic E-state index is 11.9. The fraction of sp³-hybridized carbons (Fsp3) is 0.429. The summed E-state index contributed by atoms with van der Waals surface area (Å²) in [6, 6.07) is 8.65. The zero-order valence-electron chi connectivity index (χ0n) is 10.5. The van der Waals surface area contributed by atoms with E-state index in [0.29, 0.717) is 19.4 Å². The summed E-state index contributed by atoms with van der Waals surface area (Å²) in [6.45, 7) is 0.522. The molecule has 1 amide bonds. The summed E-state index contributed by atoms with van der Waals surface area (Å²) in [5.74, 6) is -0.787. The Morgan fingerprint density at radius 1 is 1.42 bits per heavy atom. The number of alkyl halides is 1. The minimum atomic E-state index is -0.938. The van der Waals surface area contributed by atoms with Crippen molar-refractivity contribution in [2.45, 2.75) is 18.9 Å². The normalized spacial score (nSPS) is 20.6. The standard InChI is InChI=1S/C14H16BrNO3/c15-8-11-7-13(17)16(9-11)12(14(18)19)6-10-4-2-1-3-5-10/h1-5,11-12H,6-9H2,(H,18,19)/t11?,12-/m0/s1. The van der Waals surface area contributed by atoms with Gasteiger partial charge in [0.15, 0.2) is 0 Å². The second-order valence-electron chi connectivity index (χ2n) is 4.81. The van der Waals surface area contributed by atoms with Crippen molar-refractivity contribution in [1.29, 1.82) is 0 Å². The first kappa shape index (κ1) is 14.1. The summed E-state index contributed by atoms with van der Waals surface area (Å²) in [4.78, 5) is 24.8. The van der Waals surface area contributed by atoms with Gasteiger partial charge in [-0.25, -0.2) is 4.79 Å². The van der Waals surface area contributed by atoms with E-state index in [2.05, 4.69) is 15.9 Å². The maximum Gasteiger partial charge on any atom is 0.326 e. The summed E-state index contributed by atoms with van der Waals surface area (Å²) in [7, 11) is 0. The van der Waals surface area contributed by atoms with Crippen LogP contribution in [0.5, 0.6) is 0 Å². The second kappa shape index (κ2) is 6.19. The number of likely N-dealkylation sites (tertiary alicyclic amines) is 1. The van der Waals surface area contributed by atoms with Crippen LogP contribution >= 0.6 is 15.9 Å². The minimum Gasteiger partial charge on any atom is -0.480 e. The van der Waals surface area contributed by atoms with Gasteiger partial charge in [0.2, 0.25) is 5.91 Å². The van der Waals surface area contributed by atoms with Gasteiger partial charge in [-0.15, -0.1) is 0 Å². The SMILES string of the molecule is O=C(O)[C@H](Cc1ccccc1)N1CC(CBr)CC1=O. The molecule has 0 aromatic heterocycles. The number of hydrogen-bond donors (Lipinski definition) is 1. The van der Waals surface area contributed by atoms with Crippen molar-refractivity contribution in [1.82, 2.24) is 4.90 Å². The summed E-state index contributed by atoms with van der Waals surface area (Å²) in [5, 5.41) is 10.1. The third-order valence-electron chi connectivity index (χ3n) is 3.39. The van der Waals surface area contributed by atoms with Crippen LogP contribution in [0.25, 0.3) is 0 Å². The minimum absolute atomic E-state index is 0.0622. The molecule has 0 aliphatic carbocycles. The van der Waals surface area contributed by atoms with Gasteiger partial charge >= 0.3 is 5.97 Å². The number of hydrogen-bond acceptors (Lipinski definition) is 2. The first-order valence-corrected chi connectivity index (χ1v) is 7.36. The Morgan fingerprint density at radius 2 is 2.11 bits per heavy atom. The number of carboxylic acids is 1. The Morgan fingerprint density at radius 3 is 2.63 bits per heavy atom. The van der Waals surface area contributed by atoms with Gasteiger partial charge in [-0.2, -0.15) is 0 Å². The molecule has 1 N–H and O–H groups in total. The molecule has 1 aliphatic rings. The predicted octanol–water partition coefficient (Wildman–Crippen LogP) is 1.93. The Balaban J connectivity index is 2.13. The van der Waals surface area contributed by atoms with Crippen LogP contribution in [0.1, 0.15) is 12.0 Å². The van der Waals surface area contributed by atoms with E-state index in [0.717, 1.165) is 10.9 Å². The van der Waals surface area contributed by atoms with Crippen molar-refractivity contribution in [3.05, 3.63) is 35.9 Å². The zero-order chi connectivity index (χ0) is 13.8. The third kappa shape index (κ3) is 3.35. The Bertz CT molecular complexity index is 463. The van der Waals surface area contributed by atoms with Gasteiger partial charge in [0.1, 0.15) is 6.04 Å². The molecule has 1 aliphatic heterocycles. The topological polar surface area (TPSA) is 57.6 Å². The third-order valence-corrected chi connectivity index (χ3v) is 4.31. The molecule has 0 spiro atoms. The largest absolute Gasteiger partial charge is 0.480 e. The second-order valence-corrected chi connectivity index (χ2v) is 5.46. The summed E-state index contributed by atoms with van der Waals surface area (Å²) in [6.07, 6.45) is 0.792. The van der Waals surface area contributed by atoms with Crippen molar-refractivity contribution in [2.75, 3.05) is 11.9 Å². The van der Waals surface area contributed by atoms with Crippen LogP contribution in [-0.4, -0.2) is 39.8 Å². The lowest BCUT2D eigenvalue weighted by Gasteiger charge is -2.24. The molecule has 2 atom stereocenters. The van der Waals surface area contributed by atoms with Crippen LogP contribution in [0.3, 0.4) is 0 Å². The van der Waals surface area contributed by atoms with Gasteiger partial charge in [-0.3, -0.25) is 4.79 Å². The van der Waals surface area contributed by atoms with Crippen LogP contribution in [0.4, 0.5) is 0 Å². The number of carbonyl (C=O) groups excluding carboxylic acids is 1. The molecule has 102 valence electrons. The van der Waals surface area contributed by atoms with Gasteiger partial charge in [0.25, 0.3) is 0 Å². The van der Waals surface area contributed by atoms with E-state index < -0.39 is 12.0 Å². The van der Waals surface area contributed by atoms with E-state index in [-0.39, 0.29) is 11.8 Å². The van der Waals surface area contributed by atoms with Gasteiger partial charge in [0.05, 0.1) is 0 Å². The molecule has 0 saturated carbocycles. The highest BCUT2D eigenvalue weighted by molar-refractivity contribution is 9.09. The van der Waals surface area contributed by atoms with E-state index in [1.165, 1.54) is 4.90 Å². The number of carbonyl (C=O) groups is 2. The smallest absolute Gasteiger partial charge is 0.326 e. The highest BCUT2D eigenvalue weighted by Crippen LogP contribution is 2.23. The molecular weight excluding hydrogens is 310 g/mol. The van der Waals surface area contributed by atoms with E-state index in [9.17, 15) is 14.7 Å². The van der Waals surface area contributed by atoms with Gasteiger partial charge < -0.3 is 10.0 Å². The van der Waals surface area contributed by atoms with Crippen molar-refractivity contribution < 1.29 is 14.7 Å². The molecule has 19 heavy (non-hydrogen) atoms. The quantitative estimate of drug-likeness (QED) is 0.841. The molecule has 0 radical (unpaired) electrons. The van der Waals surface area contributed by atoms with Crippen LogP contribution < -0.4 is 0 Å². The lowest BCUT2D eigenvalue weighted by molar-refractivity contribution is -0.148. The van der Waals surface area contributed by atoms with Gasteiger partial charge in [0, 0.05) is 24.7 Å². The van der Waals surface area contributed by atoms with Crippen molar-refractivity contribution in [3.8, 4) is 0 Å². The Hall–Kier alpha value is -1.36. The first-order valence-electron chi connectivity index (χ1n) is 6.24. The van der Waals surface area contributed by atoms with E-state index in [1.807, 2.05) is 30.3 Å². The summed E-state index contributed by atoms with van der Waals surface area (Å²) in [5.41, 5.74) is 0.935. The fourth-order valence-corrected chi connectivity index (χ4v) is 2.81. The maximum absolute atomic E-state index is 11.9. The molecule has 0 bridgehead atoms. The van der Waals surface area contributed by atoms with Crippen LogP contribution in [0.2, 0.25) is 0 Å². The van der Waals surface area contributed by atoms with Crippen molar-refractivity contribution in [2.24, 2.45) is 5.92 Å². The number of halogens is 1. The molecule has 1 fully saturated rings. The number of nitrogens with zero attached hydrogens (tertiary/aromatic N) is 1. The van der Waals surface area contributed by atoms with Crippen LogP contribution in [0, 0.1) is 5.92 Å². The fourth-order valence-electron chi connectivity index (χ4n) is 2.38. The number of benzene rings is 1. The van der Waals surface area contributed by atoms with E-state index in [4.69, 9.17) is 0 Å². The molecule has 1 aromatic rings. The van der Waals surface area contributed by atoms with Gasteiger partial charge in [-0.05, 0) is 11.5 Å². The number of carboxylic acid groups (broad SMARTS) is 1. The van der Waals surface area contributed by atoms with Crippen molar-refractivity contribution >= 4 is 27.8 Å². The number of aliphatic carboxylic acids is 1. The molecule has 1 aromatic carbocycles. The Labute approximate surface area is 120 Å². The lowest BCUT2D eigenvalue weighted by Crippen LogP contribution is -2.43. The van der Waals surface area contributed by atoms with Crippen LogP contribution in [-0.2, 0) is 16.0 Å². The molecular formula is C14H16BrNO3. The highest BCUT2D eigenvalue weighted by Gasteiger charge is 2.37. The van der Waals surface area contributed by atoms with Crippen molar-refractivity contribution in [3.63, 3.8) is 0 Å². The summed E-state index contributed by atoms with van der Waals surface area (Å²) < 4.78 is 0. The predicted molar refractivity (Wildman–Crippen MR) is 75.2 cm³/mol. The molecule has 5 heteroatoms. The molecule has 4 nitrogen and oxygen atoms in total. The molecule has 1 heterocycles. The number of rotatable bonds is 5. The average Bonchev–Trinajstić information content (AvgIpc) is 2.78. The van der Waals surface area contributed by atoms with E-state index in [1.54, 1.807) is 0 Å². The highest BCUT2D eigenvalue weighted by atomic mass is 79.9.